The number of rotatable bonds is 10. The number of alkyl carbamates (subject to hydrolysis) is 1. The third kappa shape index (κ3) is 9.59. The molecule has 0 radical (unpaired) electrons. The van der Waals surface area contributed by atoms with E-state index in [0.29, 0.717) is 23.6 Å². The highest BCUT2D eigenvalue weighted by Crippen LogP contribution is 2.28. The van der Waals surface area contributed by atoms with Crippen molar-refractivity contribution in [2.24, 2.45) is 5.92 Å². The number of nitrogens with one attached hydrogen (secondary N) is 3. The lowest BCUT2D eigenvalue weighted by atomic mass is 9.84. The van der Waals surface area contributed by atoms with Crippen LogP contribution in [0.15, 0.2) is 30.5 Å². The van der Waals surface area contributed by atoms with Crippen molar-refractivity contribution in [3.63, 3.8) is 0 Å². The van der Waals surface area contributed by atoms with Gasteiger partial charge in [-0.3, -0.25) is 4.79 Å². The molecule has 1 fully saturated rings. The third-order valence-corrected chi connectivity index (χ3v) is 6.24. The molecule has 0 aliphatic heterocycles. The van der Waals surface area contributed by atoms with E-state index in [2.05, 4.69) is 38.1 Å². The van der Waals surface area contributed by atoms with E-state index < -0.39 is 17.7 Å². The van der Waals surface area contributed by atoms with Crippen LogP contribution in [0.4, 0.5) is 15.1 Å². The Morgan fingerprint density at radius 2 is 1.81 bits per heavy atom. The van der Waals surface area contributed by atoms with Gasteiger partial charge < -0.3 is 20.7 Å². The molecule has 1 saturated carbocycles. The number of hydrogen-bond donors (Lipinski definition) is 3. The minimum absolute atomic E-state index is 0.0481. The molecule has 2 aromatic rings. The summed E-state index contributed by atoms with van der Waals surface area (Å²) in [6, 6.07) is 5.42. The number of amides is 2. The number of unbranched alkanes of at least 4 members (excludes halogenated alkanes) is 1. The first-order chi connectivity index (χ1) is 17.6. The molecule has 1 aromatic heterocycles. The van der Waals surface area contributed by atoms with Gasteiger partial charge in [0.1, 0.15) is 17.1 Å². The maximum Gasteiger partial charge on any atom is 0.407 e. The van der Waals surface area contributed by atoms with Gasteiger partial charge in [0.15, 0.2) is 0 Å². The molecule has 1 unspecified atom stereocenters. The quantitative estimate of drug-likeness (QED) is 0.386. The number of halogens is 1. The Morgan fingerprint density at radius 3 is 2.41 bits per heavy atom. The van der Waals surface area contributed by atoms with Crippen molar-refractivity contribution in [2.75, 3.05) is 11.9 Å². The second-order valence-corrected chi connectivity index (χ2v) is 10.6. The first-order valence-electron chi connectivity index (χ1n) is 13.1. The first-order valence-corrected chi connectivity index (χ1v) is 13.1. The van der Waals surface area contributed by atoms with Crippen LogP contribution >= 0.6 is 0 Å². The third-order valence-electron chi connectivity index (χ3n) is 6.24. The van der Waals surface area contributed by atoms with Crippen molar-refractivity contribution in [1.82, 2.24) is 25.8 Å². The van der Waals surface area contributed by atoms with E-state index in [0.717, 1.165) is 45.1 Å². The molecule has 0 bridgehead atoms. The Hall–Kier alpha value is -3.30. The zero-order chi connectivity index (χ0) is 26.8. The second-order valence-electron chi connectivity index (χ2n) is 10.6. The topological polar surface area (TPSA) is 118 Å². The lowest BCUT2D eigenvalue weighted by Crippen LogP contribution is -2.41. The summed E-state index contributed by atoms with van der Waals surface area (Å²) in [6.07, 6.45) is 6.83. The Bertz CT molecular complexity index is 1000. The van der Waals surface area contributed by atoms with Gasteiger partial charge in [0.25, 0.3) is 0 Å². The summed E-state index contributed by atoms with van der Waals surface area (Å²) in [6.45, 7) is 8.36. The summed E-state index contributed by atoms with van der Waals surface area (Å²) in [7, 11) is 0. The van der Waals surface area contributed by atoms with Crippen LogP contribution in [-0.4, -0.2) is 45.4 Å². The molecular weight excluding hydrogens is 475 g/mol. The van der Waals surface area contributed by atoms with Gasteiger partial charge in [0.05, 0.1) is 12.2 Å². The summed E-state index contributed by atoms with van der Waals surface area (Å²) in [5, 5.41) is 17.5. The molecule has 202 valence electrons. The van der Waals surface area contributed by atoms with Gasteiger partial charge in [-0.05, 0) is 76.5 Å². The molecule has 0 saturated heterocycles. The molecule has 0 spiro atoms. The number of carbonyl (C=O) groups excluding carboxylic acids is 2. The number of aromatic nitrogens is 3. The minimum Gasteiger partial charge on any atom is -0.444 e. The summed E-state index contributed by atoms with van der Waals surface area (Å²) in [5.41, 5.74) is 0.640. The van der Waals surface area contributed by atoms with E-state index in [-0.39, 0.29) is 23.7 Å². The van der Waals surface area contributed by atoms with E-state index in [4.69, 9.17) is 4.74 Å². The number of benzene rings is 1. The number of hydrogen-bond acceptors (Lipinski definition) is 7. The van der Waals surface area contributed by atoms with E-state index >= 15 is 0 Å². The van der Waals surface area contributed by atoms with Crippen LogP contribution in [0.1, 0.15) is 89.9 Å². The molecule has 9 nitrogen and oxygen atoms in total. The number of carbonyl (C=O) groups is 2. The van der Waals surface area contributed by atoms with Crippen LogP contribution in [0.5, 0.6) is 0 Å². The Morgan fingerprint density at radius 1 is 1.11 bits per heavy atom. The highest BCUT2D eigenvalue weighted by atomic mass is 19.1. The average Bonchev–Trinajstić information content (AvgIpc) is 2.84. The maximum absolute atomic E-state index is 13.5. The molecule has 1 heterocycles. The lowest BCUT2D eigenvalue weighted by molar-refractivity contribution is -0.122. The van der Waals surface area contributed by atoms with Crippen molar-refractivity contribution >= 4 is 17.9 Å². The highest BCUT2D eigenvalue weighted by molar-refractivity contribution is 5.77. The number of nitrogens with zero attached hydrogens (tertiary/aromatic N) is 3. The summed E-state index contributed by atoms with van der Waals surface area (Å²) < 4.78 is 18.9. The fourth-order valence-electron chi connectivity index (χ4n) is 4.32. The van der Waals surface area contributed by atoms with Gasteiger partial charge >= 0.3 is 6.09 Å². The fraction of sp³-hybridized carbons (Fsp3) is 0.593. The van der Waals surface area contributed by atoms with Crippen molar-refractivity contribution in [2.45, 2.75) is 90.3 Å². The molecule has 1 atom stereocenters. The van der Waals surface area contributed by atoms with Gasteiger partial charge in [-0.1, -0.05) is 25.5 Å². The first kappa shape index (κ1) is 28.3. The summed E-state index contributed by atoms with van der Waals surface area (Å²) >= 11 is 0. The van der Waals surface area contributed by atoms with Crippen LogP contribution in [0.3, 0.4) is 0 Å². The van der Waals surface area contributed by atoms with Crippen LogP contribution in [0.25, 0.3) is 0 Å². The smallest absolute Gasteiger partial charge is 0.407 e. The number of ether oxygens (including phenoxy) is 1. The van der Waals surface area contributed by atoms with Crippen LogP contribution in [0.2, 0.25) is 0 Å². The second kappa shape index (κ2) is 13.3. The highest BCUT2D eigenvalue weighted by Gasteiger charge is 2.27. The normalized spacial score (nSPS) is 18.5. The van der Waals surface area contributed by atoms with E-state index in [9.17, 15) is 14.0 Å². The summed E-state index contributed by atoms with van der Waals surface area (Å²) in [4.78, 5) is 29.4. The average molecular weight is 515 g/mol. The van der Waals surface area contributed by atoms with Gasteiger partial charge in [0, 0.05) is 19.0 Å². The van der Waals surface area contributed by atoms with Crippen molar-refractivity contribution in [1.29, 1.82) is 0 Å². The van der Waals surface area contributed by atoms with Crippen molar-refractivity contribution in [3.05, 3.63) is 47.5 Å². The van der Waals surface area contributed by atoms with Gasteiger partial charge in [-0.25, -0.2) is 14.2 Å². The zero-order valence-electron chi connectivity index (χ0n) is 22.2. The van der Waals surface area contributed by atoms with Crippen LogP contribution in [-0.2, 0) is 9.53 Å². The zero-order valence-corrected chi connectivity index (χ0v) is 22.2. The van der Waals surface area contributed by atoms with Crippen molar-refractivity contribution in [3.8, 4) is 0 Å². The van der Waals surface area contributed by atoms with E-state index in [1.807, 2.05) is 20.8 Å². The van der Waals surface area contributed by atoms with Crippen LogP contribution in [0, 0.1) is 11.7 Å². The maximum atomic E-state index is 13.5. The minimum atomic E-state index is -0.594. The van der Waals surface area contributed by atoms with E-state index in [1.54, 1.807) is 18.3 Å². The van der Waals surface area contributed by atoms with Gasteiger partial charge in [-0.15, -0.1) is 10.2 Å². The Kier molecular flexibility index (Phi) is 10.2. The molecule has 1 aromatic carbocycles. The van der Waals surface area contributed by atoms with E-state index in [1.165, 1.54) is 12.1 Å². The van der Waals surface area contributed by atoms with Crippen LogP contribution < -0.4 is 16.0 Å². The molecule has 2 amide bonds. The van der Waals surface area contributed by atoms with Gasteiger partial charge in [0.2, 0.25) is 11.9 Å². The SMILES string of the molecule is CCCCNc1ncc(C(NC(=O)C[C@H]2CC[C@H](NC(=O)OC(C)(C)C)CC2)c2ccc(F)cc2)nn1. The fourth-order valence-corrected chi connectivity index (χ4v) is 4.32. The molecule has 37 heavy (non-hydrogen) atoms. The molecule has 3 N–H and O–H groups in total. The number of anilines is 1. The monoisotopic (exact) mass is 514 g/mol. The molecule has 1 aliphatic rings. The molecule has 1 aliphatic carbocycles. The van der Waals surface area contributed by atoms with Crippen molar-refractivity contribution < 1.29 is 18.7 Å². The molecule has 3 rings (SSSR count). The molecular formula is C27H39FN6O3. The predicted octanol–water partition coefficient (Wildman–Crippen LogP) is 4.90. The Balaban J connectivity index is 1.58. The summed E-state index contributed by atoms with van der Waals surface area (Å²) in [5.74, 6) is 0.160. The lowest BCUT2D eigenvalue weighted by Gasteiger charge is -2.30. The predicted molar refractivity (Wildman–Crippen MR) is 139 cm³/mol. The standard InChI is InChI=1S/C27H39FN6O3/c1-5-6-15-29-25-30-17-22(33-34-25)24(19-9-11-20(28)12-10-19)32-23(35)16-18-7-13-21(14-8-18)31-26(36)37-27(2,3)4/h9-12,17-18,21,24H,5-8,13-16H2,1-4H3,(H,31,36)(H,32,35)(H,29,30,34)/t18-,21-,24?. The largest absolute Gasteiger partial charge is 0.444 e. The Labute approximate surface area is 218 Å². The van der Waals surface area contributed by atoms with Gasteiger partial charge in [-0.2, -0.15) is 0 Å². The molecule has 10 heteroatoms.